The molecule has 0 fully saturated rings. The smallest absolute Gasteiger partial charge is 0.136 e. The van der Waals surface area contributed by atoms with E-state index in [-0.39, 0.29) is 0 Å². The number of methoxy groups -OCH3 is 1. The molecule has 0 atom stereocenters. The highest BCUT2D eigenvalue weighted by Crippen LogP contribution is 2.40. The molecule has 0 amide bonds. The minimum absolute atomic E-state index is 0.694. The van der Waals surface area contributed by atoms with Crippen molar-refractivity contribution in [1.82, 2.24) is 4.98 Å². The van der Waals surface area contributed by atoms with E-state index in [1.54, 1.807) is 7.11 Å². The van der Waals surface area contributed by atoms with Gasteiger partial charge in [0.15, 0.2) is 0 Å². The maximum absolute atomic E-state index is 6.14. The van der Waals surface area contributed by atoms with Gasteiger partial charge in [0.1, 0.15) is 11.6 Å². The van der Waals surface area contributed by atoms with Crippen LogP contribution in [0, 0.1) is 0 Å². The van der Waals surface area contributed by atoms with Crippen LogP contribution in [0.5, 0.6) is 5.75 Å². The summed E-state index contributed by atoms with van der Waals surface area (Å²) in [5.74, 6) is 1.94. The van der Waals surface area contributed by atoms with Crippen molar-refractivity contribution < 1.29 is 4.74 Å². The molecule has 2 heterocycles. The van der Waals surface area contributed by atoms with Gasteiger partial charge in [0.2, 0.25) is 0 Å². The van der Waals surface area contributed by atoms with Gasteiger partial charge in [-0.2, -0.15) is 0 Å². The highest BCUT2D eigenvalue weighted by Gasteiger charge is 2.26. The van der Waals surface area contributed by atoms with Crippen molar-refractivity contribution in [2.45, 2.75) is 13.0 Å². The van der Waals surface area contributed by atoms with Crippen LogP contribution >= 0.6 is 11.6 Å². The van der Waals surface area contributed by atoms with Crippen LogP contribution in [0.4, 0.5) is 5.82 Å². The quantitative estimate of drug-likeness (QED) is 0.711. The van der Waals surface area contributed by atoms with Crippen molar-refractivity contribution >= 4 is 28.3 Å². The van der Waals surface area contributed by atoms with Gasteiger partial charge in [-0.05, 0) is 30.2 Å². The number of ether oxygens (including phenoxy) is 1. The Morgan fingerprint density at radius 2 is 2.00 bits per heavy atom. The topological polar surface area (TPSA) is 25.4 Å². The molecule has 1 aliphatic heterocycles. The number of hydrogen-bond donors (Lipinski definition) is 0. The zero-order valence-corrected chi connectivity index (χ0v) is 13.7. The number of pyridine rings is 1. The fraction of sp³-hybridized carbons (Fsp3) is 0.211. The number of aromatic nitrogens is 1. The summed E-state index contributed by atoms with van der Waals surface area (Å²) in [7, 11) is 1.73. The second-order valence-corrected chi connectivity index (χ2v) is 6.20. The summed E-state index contributed by atoms with van der Waals surface area (Å²) < 4.78 is 5.70. The number of rotatable bonds is 3. The first-order valence-corrected chi connectivity index (χ1v) is 8.09. The van der Waals surface area contributed by atoms with E-state index in [2.05, 4.69) is 29.2 Å². The van der Waals surface area contributed by atoms with Crippen molar-refractivity contribution in [1.29, 1.82) is 0 Å². The van der Waals surface area contributed by atoms with Crippen LogP contribution in [-0.4, -0.2) is 18.6 Å². The number of hydrogen-bond acceptors (Lipinski definition) is 3. The molecule has 1 aliphatic rings. The fourth-order valence-electron chi connectivity index (χ4n) is 3.27. The van der Waals surface area contributed by atoms with E-state index in [9.17, 15) is 0 Å². The minimum atomic E-state index is 0.694. The number of nitrogens with zero attached hydrogens (tertiary/aromatic N) is 2. The van der Waals surface area contributed by atoms with Crippen molar-refractivity contribution in [3.05, 3.63) is 64.7 Å². The van der Waals surface area contributed by atoms with E-state index in [0.717, 1.165) is 42.0 Å². The predicted octanol–water partition coefficient (Wildman–Crippen LogP) is 4.46. The third-order valence-electron chi connectivity index (χ3n) is 4.33. The van der Waals surface area contributed by atoms with Gasteiger partial charge >= 0.3 is 0 Å². The van der Waals surface area contributed by atoms with E-state index in [1.807, 2.05) is 24.3 Å². The summed E-state index contributed by atoms with van der Waals surface area (Å²) in [6.45, 7) is 1.81. The van der Waals surface area contributed by atoms with Gasteiger partial charge in [0.05, 0.1) is 12.6 Å². The molecule has 0 aliphatic carbocycles. The maximum Gasteiger partial charge on any atom is 0.136 e. The number of anilines is 1. The summed E-state index contributed by atoms with van der Waals surface area (Å²) in [6.07, 6.45) is 0.955. The van der Waals surface area contributed by atoms with E-state index >= 15 is 0 Å². The Hall–Kier alpha value is -2.26. The second-order valence-electron chi connectivity index (χ2n) is 5.77. The van der Waals surface area contributed by atoms with Crippen LogP contribution in [0.3, 0.4) is 0 Å². The molecule has 3 nitrogen and oxygen atoms in total. The molecular weight excluding hydrogens is 308 g/mol. The molecule has 4 heteroatoms. The molecule has 0 unspecified atom stereocenters. The molecule has 0 saturated carbocycles. The monoisotopic (exact) mass is 324 g/mol. The minimum Gasteiger partial charge on any atom is -0.496 e. The Morgan fingerprint density at radius 3 is 2.78 bits per heavy atom. The molecule has 0 bridgehead atoms. The van der Waals surface area contributed by atoms with Crippen LogP contribution < -0.4 is 9.64 Å². The van der Waals surface area contributed by atoms with Crippen molar-refractivity contribution in [2.24, 2.45) is 0 Å². The maximum atomic E-state index is 6.14. The fourth-order valence-corrected chi connectivity index (χ4v) is 3.43. The van der Waals surface area contributed by atoms with Gasteiger partial charge in [-0.15, -0.1) is 0 Å². The SMILES string of the molecule is COc1c2c(nc3cc(Cl)ccc13)N(Cc1ccccc1)CC2. The van der Waals surface area contributed by atoms with Gasteiger partial charge in [-0.3, -0.25) is 0 Å². The van der Waals surface area contributed by atoms with E-state index in [1.165, 1.54) is 11.1 Å². The third-order valence-corrected chi connectivity index (χ3v) is 4.56. The molecule has 0 radical (unpaired) electrons. The summed E-state index contributed by atoms with van der Waals surface area (Å²) in [6, 6.07) is 16.2. The number of halogens is 1. The summed E-state index contributed by atoms with van der Waals surface area (Å²) in [5.41, 5.74) is 3.36. The first-order chi connectivity index (χ1) is 11.3. The van der Waals surface area contributed by atoms with Gasteiger partial charge in [-0.25, -0.2) is 4.98 Å². The summed E-state index contributed by atoms with van der Waals surface area (Å²) in [5, 5.41) is 1.72. The largest absolute Gasteiger partial charge is 0.496 e. The Morgan fingerprint density at radius 1 is 1.17 bits per heavy atom. The lowest BCUT2D eigenvalue weighted by Crippen LogP contribution is -2.20. The highest BCUT2D eigenvalue weighted by atomic mass is 35.5. The van der Waals surface area contributed by atoms with Crippen molar-refractivity contribution in [3.63, 3.8) is 0 Å². The Kier molecular flexibility index (Phi) is 3.58. The number of fused-ring (bicyclic) bond motifs is 2. The lowest BCUT2D eigenvalue weighted by molar-refractivity contribution is 0.416. The van der Waals surface area contributed by atoms with Crippen LogP contribution in [-0.2, 0) is 13.0 Å². The standard InChI is InChI=1S/C19H17ClN2O/c1-23-18-15-8-7-14(20)11-17(15)21-19-16(18)9-10-22(19)12-13-5-3-2-4-6-13/h2-8,11H,9-10,12H2,1H3. The highest BCUT2D eigenvalue weighted by molar-refractivity contribution is 6.31. The molecule has 0 saturated heterocycles. The molecule has 116 valence electrons. The first kappa shape index (κ1) is 14.3. The zero-order valence-electron chi connectivity index (χ0n) is 12.9. The number of benzene rings is 2. The van der Waals surface area contributed by atoms with Gasteiger partial charge in [0.25, 0.3) is 0 Å². The van der Waals surface area contributed by atoms with Crippen LogP contribution in [0.25, 0.3) is 10.9 Å². The lowest BCUT2D eigenvalue weighted by Gasteiger charge is -2.19. The molecular formula is C19H17ClN2O. The Balaban J connectivity index is 1.81. The van der Waals surface area contributed by atoms with Crippen LogP contribution in [0.15, 0.2) is 48.5 Å². The van der Waals surface area contributed by atoms with Gasteiger partial charge in [0, 0.05) is 29.1 Å². The molecule has 23 heavy (non-hydrogen) atoms. The van der Waals surface area contributed by atoms with Crippen molar-refractivity contribution in [3.8, 4) is 5.75 Å². The second kappa shape index (κ2) is 5.74. The average molecular weight is 325 g/mol. The van der Waals surface area contributed by atoms with Crippen LogP contribution in [0.1, 0.15) is 11.1 Å². The van der Waals surface area contributed by atoms with E-state index in [4.69, 9.17) is 21.3 Å². The molecule has 3 aromatic rings. The summed E-state index contributed by atoms with van der Waals surface area (Å²) in [4.78, 5) is 7.18. The molecule has 4 rings (SSSR count). The Bertz CT molecular complexity index is 864. The van der Waals surface area contributed by atoms with Crippen molar-refractivity contribution in [2.75, 3.05) is 18.6 Å². The summed E-state index contributed by atoms with van der Waals surface area (Å²) >= 11 is 6.14. The Labute approximate surface area is 140 Å². The molecule has 0 spiro atoms. The third kappa shape index (κ3) is 2.51. The van der Waals surface area contributed by atoms with Gasteiger partial charge in [-0.1, -0.05) is 41.9 Å². The normalized spacial score (nSPS) is 13.4. The average Bonchev–Trinajstić information content (AvgIpc) is 2.96. The van der Waals surface area contributed by atoms with E-state index < -0.39 is 0 Å². The molecule has 0 N–H and O–H groups in total. The zero-order chi connectivity index (χ0) is 15.8. The van der Waals surface area contributed by atoms with E-state index in [0.29, 0.717) is 5.02 Å². The first-order valence-electron chi connectivity index (χ1n) is 7.71. The van der Waals surface area contributed by atoms with Crippen LogP contribution in [0.2, 0.25) is 5.02 Å². The molecule has 1 aromatic heterocycles. The molecule has 2 aromatic carbocycles. The lowest BCUT2D eigenvalue weighted by atomic mass is 10.1. The van der Waals surface area contributed by atoms with Gasteiger partial charge < -0.3 is 9.64 Å². The predicted molar refractivity (Wildman–Crippen MR) is 94.5 cm³/mol.